The van der Waals surface area contributed by atoms with Crippen LogP contribution in [-0.2, 0) is 12.0 Å². The lowest BCUT2D eigenvalue weighted by Gasteiger charge is -2.36. The summed E-state index contributed by atoms with van der Waals surface area (Å²) in [6.45, 7) is 2.17. The summed E-state index contributed by atoms with van der Waals surface area (Å²) in [6.07, 6.45) is 7.84. The summed E-state index contributed by atoms with van der Waals surface area (Å²) in [5.41, 5.74) is 1.61. The summed E-state index contributed by atoms with van der Waals surface area (Å²) in [5.74, 6) is 1.10. The number of halogens is 1. The summed E-state index contributed by atoms with van der Waals surface area (Å²) in [4.78, 5) is 13.7. The molecule has 0 N–H and O–H groups in total. The largest absolute Gasteiger partial charge is 0.495 e. The number of hydrogen-bond acceptors (Lipinski definition) is 5. The van der Waals surface area contributed by atoms with Crippen LogP contribution in [0.2, 0.25) is 0 Å². The Morgan fingerprint density at radius 3 is 2.48 bits per heavy atom. The first kappa shape index (κ1) is 27.7. The van der Waals surface area contributed by atoms with Crippen LogP contribution in [0.5, 0.6) is 17.2 Å². The van der Waals surface area contributed by atoms with Gasteiger partial charge in [-0.15, -0.1) is 11.3 Å². The van der Waals surface area contributed by atoms with Gasteiger partial charge in [-0.1, -0.05) is 62.2 Å². The van der Waals surface area contributed by atoms with Crippen LogP contribution in [0, 0.1) is 5.82 Å². The van der Waals surface area contributed by atoms with Crippen molar-refractivity contribution in [2.75, 3.05) is 7.11 Å². The number of esters is 1. The third-order valence-electron chi connectivity index (χ3n) is 7.73. The number of unbranched alkanes of at least 4 members (excludes halogenated alkanes) is 2. The topological polar surface area (TPSA) is 44.8 Å². The van der Waals surface area contributed by atoms with Crippen molar-refractivity contribution in [2.45, 2.75) is 38.2 Å². The number of ether oxygens (including phenoxy) is 3. The van der Waals surface area contributed by atoms with Gasteiger partial charge in [0.25, 0.3) is 0 Å². The van der Waals surface area contributed by atoms with Gasteiger partial charge >= 0.3 is 5.97 Å². The normalized spacial score (nSPS) is 15.7. The van der Waals surface area contributed by atoms with Crippen molar-refractivity contribution in [2.24, 2.45) is 0 Å². The van der Waals surface area contributed by atoms with E-state index < -0.39 is 5.60 Å². The van der Waals surface area contributed by atoms with Crippen molar-refractivity contribution >= 4 is 34.2 Å². The molecule has 4 nitrogen and oxygen atoms in total. The Morgan fingerprint density at radius 2 is 1.69 bits per heavy atom. The second-order valence-corrected chi connectivity index (χ2v) is 11.2. The molecule has 6 rings (SSSR count). The van der Waals surface area contributed by atoms with Crippen molar-refractivity contribution in [3.63, 3.8) is 0 Å². The number of methoxy groups -OCH3 is 1. The number of rotatable bonds is 9. The molecular weight excluding hydrogens is 547 g/mol. The van der Waals surface area contributed by atoms with Gasteiger partial charge in [0.1, 0.15) is 23.1 Å². The molecule has 1 unspecified atom stereocenters. The minimum absolute atomic E-state index is 0.357. The zero-order valence-corrected chi connectivity index (χ0v) is 24.4. The van der Waals surface area contributed by atoms with Gasteiger partial charge < -0.3 is 14.2 Å². The van der Waals surface area contributed by atoms with Crippen LogP contribution in [0.1, 0.15) is 58.1 Å². The summed E-state index contributed by atoms with van der Waals surface area (Å²) in [7, 11) is 1.61. The molecule has 42 heavy (non-hydrogen) atoms. The Labute approximate surface area is 249 Å². The van der Waals surface area contributed by atoms with Crippen LogP contribution in [0.3, 0.4) is 0 Å². The van der Waals surface area contributed by atoms with E-state index in [-0.39, 0.29) is 11.8 Å². The van der Waals surface area contributed by atoms with Crippen LogP contribution in [0.25, 0.3) is 16.8 Å². The molecule has 1 aromatic heterocycles. The molecule has 4 aromatic carbocycles. The fraction of sp³-hybridized carbons (Fsp3) is 0.194. The maximum atomic E-state index is 15.4. The van der Waals surface area contributed by atoms with E-state index in [1.165, 1.54) is 17.4 Å². The molecule has 0 saturated heterocycles. The van der Waals surface area contributed by atoms with Gasteiger partial charge in [-0.3, -0.25) is 0 Å². The third-order valence-corrected chi connectivity index (χ3v) is 8.74. The molecular formula is C36H31FO4S. The molecule has 0 amide bonds. The van der Waals surface area contributed by atoms with Gasteiger partial charge in [-0.25, -0.2) is 9.18 Å². The molecule has 212 valence electrons. The molecule has 5 aromatic rings. The Balaban J connectivity index is 1.46. The van der Waals surface area contributed by atoms with Gasteiger partial charge in [-0.2, -0.15) is 0 Å². The molecule has 0 spiro atoms. The van der Waals surface area contributed by atoms with Crippen molar-refractivity contribution < 1.29 is 23.4 Å². The predicted molar refractivity (Wildman–Crippen MR) is 166 cm³/mol. The van der Waals surface area contributed by atoms with Crippen molar-refractivity contribution in [1.82, 2.24) is 0 Å². The molecule has 0 saturated carbocycles. The Kier molecular flexibility index (Phi) is 7.81. The number of fused-ring (bicyclic) bond motifs is 3. The number of carbonyl (C=O) groups excluding carboxylic acids is 1. The molecule has 1 aliphatic heterocycles. The van der Waals surface area contributed by atoms with Crippen molar-refractivity contribution in [3.05, 3.63) is 129 Å². The second-order valence-electron chi connectivity index (χ2n) is 10.3. The highest BCUT2D eigenvalue weighted by Gasteiger charge is 2.42. The fourth-order valence-electron chi connectivity index (χ4n) is 5.64. The Hall–Kier alpha value is -4.42. The monoisotopic (exact) mass is 578 g/mol. The van der Waals surface area contributed by atoms with Crippen LogP contribution >= 0.6 is 11.3 Å². The lowest BCUT2D eigenvalue weighted by atomic mass is 9.86. The van der Waals surface area contributed by atoms with Gasteiger partial charge in [-0.05, 0) is 83.6 Å². The average Bonchev–Trinajstić information content (AvgIpc) is 3.52. The summed E-state index contributed by atoms with van der Waals surface area (Å²) >= 11 is 1.46. The molecule has 0 aliphatic carbocycles. The van der Waals surface area contributed by atoms with Crippen LogP contribution in [0.15, 0.2) is 96.4 Å². The summed E-state index contributed by atoms with van der Waals surface area (Å²) < 4.78 is 33.8. The van der Waals surface area contributed by atoms with Gasteiger partial charge in [0.05, 0.1) is 17.6 Å². The quantitative estimate of drug-likeness (QED) is 0.0993. The highest BCUT2D eigenvalue weighted by Crippen LogP contribution is 2.49. The molecule has 2 heterocycles. The summed E-state index contributed by atoms with van der Waals surface area (Å²) in [5, 5.41) is 3.91. The predicted octanol–water partition coefficient (Wildman–Crippen LogP) is 9.35. The lowest BCUT2D eigenvalue weighted by Crippen LogP contribution is -2.34. The lowest BCUT2D eigenvalue weighted by molar-refractivity contribution is 0.0733. The molecule has 0 radical (unpaired) electrons. The Morgan fingerprint density at radius 1 is 0.905 bits per heavy atom. The van der Waals surface area contributed by atoms with E-state index in [1.807, 2.05) is 72.1 Å². The third kappa shape index (κ3) is 4.96. The molecule has 1 atom stereocenters. The SMILES string of the molecule is CCCCCc1c(OC(=O)c2ccccc2)ccc2c3c(ccc12)OC(c1ccccc1F)(c1sccc1OC)C=C3. The van der Waals surface area contributed by atoms with Crippen molar-refractivity contribution in [1.29, 1.82) is 0 Å². The van der Waals surface area contributed by atoms with Crippen LogP contribution < -0.4 is 14.2 Å². The van der Waals surface area contributed by atoms with Crippen LogP contribution in [-0.4, -0.2) is 13.1 Å². The number of thiophene rings is 1. The van der Waals surface area contributed by atoms with E-state index in [4.69, 9.17) is 14.2 Å². The van der Waals surface area contributed by atoms with Crippen molar-refractivity contribution in [3.8, 4) is 17.2 Å². The average molecular weight is 579 g/mol. The van der Waals surface area contributed by atoms with Gasteiger partial charge in [0.15, 0.2) is 5.60 Å². The zero-order chi connectivity index (χ0) is 29.1. The zero-order valence-electron chi connectivity index (χ0n) is 23.6. The number of benzene rings is 4. The molecule has 6 heteroatoms. The highest BCUT2D eigenvalue weighted by molar-refractivity contribution is 7.10. The van der Waals surface area contributed by atoms with E-state index in [2.05, 4.69) is 6.92 Å². The van der Waals surface area contributed by atoms with E-state index in [0.717, 1.165) is 52.5 Å². The first-order valence-corrected chi connectivity index (χ1v) is 15.0. The minimum Gasteiger partial charge on any atom is -0.495 e. The molecule has 0 fully saturated rings. The standard InChI is InChI=1S/C36H31FO4S/c1-3-4-6-13-27-25-17-19-32-28(26(25)16-18-31(27)40-35(38)24-11-7-5-8-12-24)20-22-36(41-32,29-14-9-10-15-30(29)37)34-33(39-2)21-23-42-34/h5,7-12,14-23H,3-4,6,13H2,1-2H3. The smallest absolute Gasteiger partial charge is 0.343 e. The van der Waals surface area contributed by atoms with Crippen LogP contribution in [0.4, 0.5) is 4.39 Å². The number of carbonyl (C=O) groups is 1. The first-order valence-electron chi connectivity index (χ1n) is 14.2. The maximum absolute atomic E-state index is 15.4. The van der Waals surface area contributed by atoms with Gasteiger partial charge in [0.2, 0.25) is 0 Å². The summed E-state index contributed by atoms with van der Waals surface area (Å²) in [6, 6.07) is 25.4. The molecule has 1 aliphatic rings. The number of hydrogen-bond donors (Lipinski definition) is 0. The number of aryl methyl sites for hydroxylation is 1. The highest BCUT2D eigenvalue weighted by atomic mass is 32.1. The van der Waals surface area contributed by atoms with E-state index in [1.54, 1.807) is 31.4 Å². The van der Waals surface area contributed by atoms with Gasteiger partial charge in [0, 0.05) is 16.7 Å². The molecule has 0 bridgehead atoms. The first-order chi connectivity index (χ1) is 20.6. The minimum atomic E-state index is -1.19. The second kappa shape index (κ2) is 11.8. The maximum Gasteiger partial charge on any atom is 0.343 e. The van der Waals surface area contributed by atoms with E-state index in [0.29, 0.717) is 28.4 Å². The fourth-order valence-corrected chi connectivity index (χ4v) is 6.63. The van der Waals surface area contributed by atoms with E-state index in [9.17, 15) is 4.79 Å². The van der Waals surface area contributed by atoms with E-state index >= 15 is 4.39 Å². The Bertz CT molecular complexity index is 1770.